The minimum Gasteiger partial charge on any atom is -0.349 e. The van der Waals surface area contributed by atoms with E-state index in [1.807, 2.05) is 0 Å². The fraction of sp³-hybridized carbons (Fsp3) is 0.182. The minimum atomic E-state index is -0.799. The number of amides is 1. The van der Waals surface area contributed by atoms with Gasteiger partial charge in [-0.15, -0.1) is 5.10 Å². The van der Waals surface area contributed by atoms with E-state index in [4.69, 9.17) is 5.73 Å². The zero-order valence-electron chi connectivity index (χ0n) is 10.7. The van der Waals surface area contributed by atoms with Gasteiger partial charge in [-0.2, -0.15) is 0 Å². The van der Waals surface area contributed by atoms with Gasteiger partial charge in [-0.25, -0.2) is 9.07 Å². The van der Waals surface area contributed by atoms with Gasteiger partial charge in [-0.1, -0.05) is 5.21 Å². The van der Waals surface area contributed by atoms with Crippen molar-refractivity contribution in [2.24, 2.45) is 5.73 Å². The highest BCUT2D eigenvalue weighted by molar-refractivity contribution is 5.77. The van der Waals surface area contributed by atoms with Crippen LogP contribution in [-0.2, 0) is 11.3 Å². The van der Waals surface area contributed by atoms with Crippen molar-refractivity contribution >= 4 is 11.6 Å². The molecule has 110 valence electrons. The summed E-state index contributed by atoms with van der Waals surface area (Å²) in [6, 6.07) is 3.19. The lowest BCUT2D eigenvalue weighted by Crippen LogP contribution is -2.29. The fourth-order valence-electron chi connectivity index (χ4n) is 1.55. The second-order valence-corrected chi connectivity index (χ2v) is 4.03. The molecule has 0 saturated heterocycles. The molecule has 0 fully saturated rings. The van der Waals surface area contributed by atoms with Crippen LogP contribution in [0, 0.1) is 15.9 Å². The highest BCUT2D eigenvalue weighted by Gasteiger charge is 2.13. The van der Waals surface area contributed by atoms with Gasteiger partial charge >= 0.3 is 0 Å². The number of hydrogen-bond donors (Lipinski definition) is 2. The fourth-order valence-corrected chi connectivity index (χ4v) is 1.55. The van der Waals surface area contributed by atoms with E-state index in [0.29, 0.717) is 5.69 Å². The van der Waals surface area contributed by atoms with Gasteiger partial charge in [-0.3, -0.25) is 14.9 Å². The number of hydrogen-bond acceptors (Lipinski definition) is 6. The van der Waals surface area contributed by atoms with Crippen LogP contribution in [0.3, 0.4) is 0 Å². The second kappa shape index (κ2) is 6.05. The molecule has 0 saturated carbocycles. The summed E-state index contributed by atoms with van der Waals surface area (Å²) in [6.45, 7) is -0.0459. The molecule has 0 spiro atoms. The van der Waals surface area contributed by atoms with Crippen molar-refractivity contribution in [3.05, 3.63) is 46.0 Å². The van der Waals surface area contributed by atoms with Crippen molar-refractivity contribution in [3.8, 4) is 5.69 Å². The lowest BCUT2D eigenvalue weighted by Gasteiger charge is -2.01. The monoisotopic (exact) mass is 294 g/mol. The smallest absolute Gasteiger partial charge is 0.272 e. The van der Waals surface area contributed by atoms with E-state index < -0.39 is 10.7 Å². The van der Waals surface area contributed by atoms with Crippen molar-refractivity contribution in [2.75, 3.05) is 6.54 Å². The Morgan fingerprint density at radius 2 is 2.29 bits per heavy atom. The van der Waals surface area contributed by atoms with Crippen LogP contribution in [0.5, 0.6) is 0 Å². The Bertz CT molecular complexity index is 686. The number of nitro benzene ring substituents is 1. The van der Waals surface area contributed by atoms with Gasteiger partial charge in [-0.05, 0) is 6.07 Å². The third-order valence-corrected chi connectivity index (χ3v) is 2.58. The Balaban J connectivity index is 2.17. The van der Waals surface area contributed by atoms with E-state index in [9.17, 15) is 19.3 Å². The van der Waals surface area contributed by atoms with Crippen molar-refractivity contribution in [1.82, 2.24) is 20.3 Å². The summed E-state index contributed by atoms with van der Waals surface area (Å²) in [5.74, 6) is -1.15. The van der Waals surface area contributed by atoms with Crippen LogP contribution in [0.1, 0.15) is 5.69 Å². The largest absolute Gasteiger partial charge is 0.349 e. The molecule has 1 amide bonds. The molecule has 1 aromatic carbocycles. The number of non-ortho nitro benzene ring substituents is 1. The maximum Gasteiger partial charge on any atom is 0.272 e. The number of aromatic nitrogens is 3. The highest BCUT2D eigenvalue weighted by atomic mass is 19.1. The minimum absolute atomic E-state index is 0.0181. The van der Waals surface area contributed by atoms with E-state index in [1.165, 1.54) is 12.3 Å². The number of nitrogens with two attached hydrogens (primary N) is 1. The second-order valence-electron chi connectivity index (χ2n) is 4.03. The maximum absolute atomic E-state index is 13.8. The first kappa shape index (κ1) is 14.5. The van der Waals surface area contributed by atoms with E-state index in [-0.39, 0.29) is 30.4 Å². The first-order valence-corrected chi connectivity index (χ1v) is 5.83. The van der Waals surface area contributed by atoms with Gasteiger partial charge in [0.25, 0.3) is 5.69 Å². The van der Waals surface area contributed by atoms with Crippen LogP contribution in [0.25, 0.3) is 5.69 Å². The number of benzene rings is 1. The van der Waals surface area contributed by atoms with E-state index in [1.54, 1.807) is 0 Å². The molecule has 0 aliphatic heterocycles. The quantitative estimate of drug-likeness (QED) is 0.584. The van der Waals surface area contributed by atoms with Gasteiger partial charge < -0.3 is 11.1 Å². The highest BCUT2D eigenvalue weighted by Crippen LogP contribution is 2.19. The molecule has 0 radical (unpaired) electrons. The molecule has 0 aliphatic carbocycles. The predicted octanol–water partition coefficient (Wildman–Crippen LogP) is -0.111. The van der Waals surface area contributed by atoms with Crippen molar-refractivity contribution in [1.29, 1.82) is 0 Å². The molecule has 21 heavy (non-hydrogen) atoms. The molecule has 2 aromatic rings. The number of carbonyl (C=O) groups excluding carboxylic acids is 1. The summed E-state index contributed by atoms with van der Waals surface area (Å²) in [4.78, 5) is 20.8. The zero-order chi connectivity index (χ0) is 15.4. The van der Waals surface area contributed by atoms with E-state index >= 15 is 0 Å². The molecule has 10 heteroatoms. The number of nitro groups is 1. The SMILES string of the molecule is NCC(=O)NCc1cn(-c2ccc([N+](=O)[O-])cc2F)nn1. The van der Waals surface area contributed by atoms with E-state index in [2.05, 4.69) is 15.6 Å². The van der Waals surface area contributed by atoms with E-state index in [0.717, 1.165) is 16.8 Å². The maximum atomic E-state index is 13.8. The molecular formula is C11H11FN6O3. The van der Waals surface area contributed by atoms with Crippen LogP contribution in [-0.4, -0.2) is 32.4 Å². The normalized spacial score (nSPS) is 10.4. The summed E-state index contributed by atoms with van der Waals surface area (Å²) in [7, 11) is 0. The van der Waals surface area contributed by atoms with Gasteiger partial charge in [0.2, 0.25) is 5.91 Å². The third kappa shape index (κ3) is 3.36. The summed E-state index contributed by atoms with van der Waals surface area (Å²) in [6.07, 6.45) is 1.40. The van der Waals surface area contributed by atoms with Crippen LogP contribution >= 0.6 is 0 Å². The van der Waals surface area contributed by atoms with Crippen LogP contribution in [0.4, 0.5) is 10.1 Å². The van der Waals surface area contributed by atoms with Crippen molar-refractivity contribution in [2.45, 2.75) is 6.54 Å². The van der Waals surface area contributed by atoms with Gasteiger partial charge in [0.05, 0.1) is 30.3 Å². The first-order valence-electron chi connectivity index (χ1n) is 5.83. The predicted molar refractivity (Wildman–Crippen MR) is 68.9 cm³/mol. The standard InChI is InChI=1S/C11H11FN6O3/c12-9-3-8(18(20)21)1-2-10(9)17-6-7(15-16-17)5-14-11(19)4-13/h1-3,6H,4-5,13H2,(H,14,19). The molecule has 9 nitrogen and oxygen atoms in total. The van der Waals surface area contributed by atoms with Gasteiger partial charge in [0.1, 0.15) is 11.4 Å². The first-order chi connectivity index (χ1) is 10.0. The Morgan fingerprint density at radius 1 is 1.52 bits per heavy atom. The molecule has 1 heterocycles. The molecular weight excluding hydrogens is 283 g/mol. The lowest BCUT2D eigenvalue weighted by molar-refractivity contribution is -0.385. The van der Waals surface area contributed by atoms with Crippen LogP contribution in [0.2, 0.25) is 0 Å². The molecule has 0 aliphatic rings. The number of carbonyl (C=O) groups is 1. The molecule has 2 rings (SSSR count). The summed E-state index contributed by atoms with van der Waals surface area (Å²) < 4.78 is 14.9. The topological polar surface area (TPSA) is 129 Å². The van der Waals surface area contributed by atoms with Gasteiger partial charge in [0, 0.05) is 6.07 Å². The van der Waals surface area contributed by atoms with Crippen molar-refractivity contribution in [3.63, 3.8) is 0 Å². The summed E-state index contributed by atoms with van der Waals surface area (Å²) in [5.41, 5.74) is 5.19. The molecule has 0 unspecified atom stereocenters. The number of nitrogens with one attached hydrogen (secondary N) is 1. The van der Waals surface area contributed by atoms with Crippen LogP contribution < -0.4 is 11.1 Å². The van der Waals surface area contributed by atoms with Crippen LogP contribution in [0.15, 0.2) is 24.4 Å². The average molecular weight is 294 g/mol. The Morgan fingerprint density at radius 3 is 2.90 bits per heavy atom. The summed E-state index contributed by atoms with van der Waals surface area (Å²) >= 11 is 0. The lowest BCUT2D eigenvalue weighted by atomic mass is 10.2. The molecule has 3 N–H and O–H groups in total. The Labute approximate surface area is 117 Å². The summed E-state index contributed by atoms with van der Waals surface area (Å²) in [5, 5.41) is 20.5. The molecule has 0 bridgehead atoms. The number of halogens is 1. The average Bonchev–Trinajstić information content (AvgIpc) is 2.93. The Hall–Kier alpha value is -2.88. The molecule has 1 aromatic heterocycles. The number of rotatable bonds is 5. The third-order valence-electron chi connectivity index (χ3n) is 2.58. The number of nitrogens with zero attached hydrogens (tertiary/aromatic N) is 4. The van der Waals surface area contributed by atoms with Crippen molar-refractivity contribution < 1.29 is 14.1 Å². The zero-order valence-corrected chi connectivity index (χ0v) is 10.7. The molecule has 0 atom stereocenters. The Kier molecular flexibility index (Phi) is 4.18. The van der Waals surface area contributed by atoms with Gasteiger partial charge in [0.15, 0.2) is 5.82 Å².